The van der Waals surface area contributed by atoms with Crippen molar-refractivity contribution in [3.63, 3.8) is 0 Å². The molecule has 2 aromatic carbocycles. The minimum absolute atomic E-state index is 0.00935. The maximum absolute atomic E-state index is 13.5. The van der Waals surface area contributed by atoms with Crippen LogP contribution in [0.3, 0.4) is 0 Å². The van der Waals surface area contributed by atoms with E-state index in [9.17, 15) is 13.0 Å². The fraction of sp³-hybridized carbons (Fsp3) is 0.0714. The molecular weight excluding hydrogens is 298 g/mol. The minimum atomic E-state index is -1.72. The van der Waals surface area contributed by atoms with E-state index in [4.69, 9.17) is 10.2 Å². The average Bonchev–Trinajstić information content (AvgIpc) is 2.86. The summed E-state index contributed by atoms with van der Waals surface area (Å²) >= 11 is 0. The van der Waals surface area contributed by atoms with E-state index in [0.29, 0.717) is 16.8 Å². The Morgan fingerprint density at radius 2 is 2.00 bits per heavy atom. The normalized spacial score (nSPS) is 12.7. The number of hydrogen-bond donors (Lipinski definition) is 1. The smallest absolute Gasteiger partial charge is 0.288 e. The van der Waals surface area contributed by atoms with Crippen LogP contribution in [0.2, 0.25) is 0 Å². The summed E-state index contributed by atoms with van der Waals surface area (Å²) in [5, 5.41) is -0.0424. The first-order valence-electron chi connectivity index (χ1n) is 6.01. The molecule has 1 heterocycles. The molecule has 0 radical (unpaired) electrons. The molecule has 1 aromatic heterocycles. The molecule has 0 aliphatic carbocycles. The molecule has 7 heteroatoms. The summed E-state index contributed by atoms with van der Waals surface area (Å²) in [5.41, 5.74) is 7.04. The second kappa shape index (κ2) is 5.25. The van der Waals surface area contributed by atoms with Gasteiger partial charge in [0.05, 0.1) is 5.75 Å². The van der Waals surface area contributed by atoms with Gasteiger partial charge >= 0.3 is 0 Å². The van der Waals surface area contributed by atoms with Crippen LogP contribution in [0.4, 0.5) is 14.5 Å². The van der Waals surface area contributed by atoms with Crippen LogP contribution in [-0.2, 0) is 16.6 Å². The second-order valence-electron chi connectivity index (χ2n) is 4.43. The zero-order valence-corrected chi connectivity index (χ0v) is 11.5. The number of nitrogens with zero attached hydrogens (tertiary/aromatic N) is 1. The predicted molar refractivity (Wildman–Crippen MR) is 74.9 cm³/mol. The van der Waals surface area contributed by atoms with Gasteiger partial charge in [0.1, 0.15) is 28.0 Å². The lowest BCUT2D eigenvalue weighted by molar-refractivity contribution is 0.477. The topological polar surface area (TPSA) is 69.1 Å². The molecule has 0 fully saturated rings. The minimum Gasteiger partial charge on any atom is -0.430 e. The number of nitrogens with two attached hydrogens (primary N) is 1. The zero-order chi connectivity index (χ0) is 15.0. The summed E-state index contributed by atoms with van der Waals surface area (Å²) in [6.45, 7) is 0. The van der Waals surface area contributed by atoms with Crippen LogP contribution < -0.4 is 5.73 Å². The van der Waals surface area contributed by atoms with Gasteiger partial charge in [0, 0.05) is 11.3 Å². The van der Waals surface area contributed by atoms with Crippen molar-refractivity contribution in [3.05, 3.63) is 53.6 Å². The van der Waals surface area contributed by atoms with Gasteiger partial charge in [-0.1, -0.05) is 0 Å². The van der Waals surface area contributed by atoms with Crippen LogP contribution in [0, 0.1) is 11.6 Å². The highest BCUT2D eigenvalue weighted by atomic mass is 32.2. The molecule has 3 aromatic rings. The van der Waals surface area contributed by atoms with E-state index < -0.39 is 22.4 Å². The van der Waals surface area contributed by atoms with Crippen LogP contribution >= 0.6 is 0 Å². The number of aromatic nitrogens is 1. The van der Waals surface area contributed by atoms with E-state index in [0.717, 1.165) is 18.2 Å². The van der Waals surface area contributed by atoms with Crippen LogP contribution in [0.5, 0.6) is 0 Å². The second-order valence-corrected chi connectivity index (χ2v) is 5.76. The van der Waals surface area contributed by atoms with Crippen LogP contribution in [0.25, 0.3) is 11.1 Å². The quantitative estimate of drug-likeness (QED) is 0.755. The van der Waals surface area contributed by atoms with E-state index in [1.807, 2.05) is 0 Å². The summed E-state index contributed by atoms with van der Waals surface area (Å²) in [4.78, 5) is 4.06. The standard InChI is InChI=1S/C14H10F2N2O2S/c15-9-1-3-11(16)8(5-9)7-21(19)14-18-12-6-10(17)2-4-13(12)20-14/h1-6H,7,17H2. The van der Waals surface area contributed by atoms with Crippen molar-refractivity contribution in [2.45, 2.75) is 11.0 Å². The highest BCUT2D eigenvalue weighted by molar-refractivity contribution is 7.84. The predicted octanol–water partition coefficient (Wildman–Crippen LogP) is 3.00. The third-order valence-corrected chi connectivity index (χ3v) is 4.02. The molecule has 1 atom stereocenters. The Hall–Kier alpha value is -2.28. The largest absolute Gasteiger partial charge is 0.430 e. The molecule has 2 N–H and O–H groups in total. The molecular formula is C14H10F2N2O2S. The summed E-state index contributed by atoms with van der Waals surface area (Å²) in [6.07, 6.45) is 0. The van der Waals surface area contributed by atoms with Gasteiger partial charge in [0.25, 0.3) is 5.22 Å². The van der Waals surface area contributed by atoms with Crippen LogP contribution in [0.15, 0.2) is 46.0 Å². The molecule has 0 saturated carbocycles. The maximum Gasteiger partial charge on any atom is 0.288 e. The van der Waals surface area contributed by atoms with Crippen molar-refractivity contribution in [3.8, 4) is 0 Å². The molecule has 3 rings (SSSR count). The third-order valence-electron chi connectivity index (χ3n) is 2.88. The SMILES string of the molecule is Nc1ccc2oc(S(=O)Cc3cc(F)ccc3F)nc2c1. The summed E-state index contributed by atoms with van der Waals surface area (Å²) < 4.78 is 44.1. The van der Waals surface area contributed by atoms with Crippen molar-refractivity contribution in [1.29, 1.82) is 0 Å². The van der Waals surface area contributed by atoms with Crippen molar-refractivity contribution in [2.75, 3.05) is 5.73 Å². The third kappa shape index (κ3) is 2.78. The molecule has 0 spiro atoms. The number of fused-ring (bicyclic) bond motifs is 1. The number of benzene rings is 2. The maximum atomic E-state index is 13.5. The van der Waals surface area contributed by atoms with Crippen molar-refractivity contribution in [2.24, 2.45) is 0 Å². The van der Waals surface area contributed by atoms with Gasteiger partial charge in [0.15, 0.2) is 5.58 Å². The monoisotopic (exact) mass is 308 g/mol. The first kappa shape index (κ1) is 13.7. The van der Waals surface area contributed by atoms with E-state index >= 15 is 0 Å². The first-order valence-corrected chi connectivity index (χ1v) is 7.33. The summed E-state index contributed by atoms with van der Waals surface area (Å²) in [5.74, 6) is -1.43. The molecule has 0 aliphatic rings. The lowest BCUT2D eigenvalue weighted by Crippen LogP contribution is -2.00. The molecule has 0 amide bonds. The number of oxazole rings is 1. The number of halogens is 2. The molecule has 4 nitrogen and oxygen atoms in total. The van der Waals surface area contributed by atoms with Gasteiger partial charge in [-0.3, -0.25) is 0 Å². The van der Waals surface area contributed by atoms with Crippen LogP contribution in [-0.4, -0.2) is 9.19 Å². The Morgan fingerprint density at radius 3 is 2.81 bits per heavy atom. The molecule has 108 valence electrons. The van der Waals surface area contributed by atoms with Gasteiger partial charge in [-0.25, -0.2) is 18.0 Å². The molecule has 21 heavy (non-hydrogen) atoms. The average molecular weight is 308 g/mol. The number of anilines is 1. The van der Waals surface area contributed by atoms with Crippen molar-refractivity contribution >= 4 is 27.6 Å². The number of rotatable bonds is 3. The molecule has 1 unspecified atom stereocenters. The van der Waals surface area contributed by atoms with Gasteiger partial charge in [-0.2, -0.15) is 0 Å². The highest BCUT2D eigenvalue weighted by Crippen LogP contribution is 2.22. The molecule has 0 aliphatic heterocycles. The van der Waals surface area contributed by atoms with Crippen molar-refractivity contribution in [1.82, 2.24) is 4.98 Å². The molecule has 0 saturated heterocycles. The number of nitrogen functional groups attached to an aromatic ring is 1. The summed E-state index contributed by atoms with van der Waals surface area (Å²) in [7, 11) is -1.72. The lowest BCUT2D eigenvalue weighted by atomic mass is 10.2. The van der Waals surface area contributed by atoms with Gasteiger partial charge in [-0.15, -0.1) is 0 Å². The fourth-order valence-corrected chi connectivity index (χ4v) is 2.89. The Bertz CT molecular complexity index is 848. The van der Waals surface area contributed by atoms with Crippen molar-refractivity contribution < 1.29 is 17.4 Å². The first-order chi connectivity index (χ1) is 10.0. The van der Waals surface area contributed by atoms with E-state index in [-0.39, 0.29) is 16.5 Å². The Morgan fingerprint density at radius 1 is 1.19 bits per heavy atom. The Balaban J connectivity index is 1.91. The zero-order valence-electron chi connectivity index (χ0n) is 10.7. The van der Waals surface area contributed by atoms with Gasteiger partial charge in [0.2, 0.25) is 0 Å². The van der Waals surface area contributed by atoms with Crippen LogP contribution in [0.1, 0.15) is 5.56 Å². The van der Waals surface area contributed by atoms with E-state index in [1.165, 1.54) is 0 Å². The highest BCUT2D eigenvalue weighted by Gasteiger charge is 2.16. The Kier molecular flexibility index (Phi) is 3.42. The Labute approximate surface area is 121 Å². The lowest BCUT2D eigenvalue weighted by Gasteiger charge is -2.01. The van der Waals surface area contributed by atoms with E-state index in [2.05, 4.69) is 4.98 Å². The van der Waals surface area contributed by atoms with Gasteiger partial charge in [-0.05, 0) is 36.4 Å². The number of hydrogen-bond acceptors (Lipinski definition) is 4. The summed E-state index contributed by atoms with van der Waals surface area (Å²) in [6, 6.07) is 7.84. The molecule has 0 bridgehead atoms. The fourth-order valence-electron chi connectivity index (χ4n) is 1.88. The van der Waals surface area contributed by atoms with E-state index in [1.54, 1.807) is 18.2 Å². The van der Waals surface area contributed by atoms with Gasteiger partial charge < -0.3 is 10.2 Å².